The van der Waals surface area contributed by atoms with Gasteiger partial charge in [0.25, 0.3) is 10.0 Å². The van der Waals surface area contributed by atoms with E-state index < -0.39 is 33.7 Å². The minimum Gasteiger partial charge on any atom is -0.469 e. The highest BCUT2D eigenvalue weighted by atomic mass is 32.2. The molecule has 0 radical (unpaired) electrons. The van der Waals surface area contributed by atoms with Crippen molar-refractivity contribution in [2.24, 2.45) is 0 Å². The van der Waals surface area contributed by atoms with Crippen molar-refractivity contribution in [3.8, 4) is 0 Å². The number of aryl methyl sites for hydroxylation is 1. The van der Waals surface area contributed by atoms with Gasteiger partial charge < -0.3 is 9.47 Å². The highest BCUT2D eigenvalue weighted by Crippen LogP contribution is 2.23. The number of esters is 1. The predicted octanol–water partition coefficient (Wildman–Crippen LogP) is 2.87. The van der Waals surface area contributed by atoms with E-state index in [1.54, 1.807) is 32.9 Å². The molecule has 0 N–H and O–H groups in total. The molecule has 1 amide bonds. The number of rotatable bonds is 5. The normalized spacial score (nSPS) is 13.0. The Kier molecular flexibility index (Phi) is 6.59. The van der Waals surface area contributed by atoms with Crippen LogP contribution in [0.15, 0.2) is 29.2 Å². The number of amides is 1. The van der Waals surface area contributed by atoms with Crippen molar-refractivity contribution in [3.63, 3.8) is 0 Å². The van der Waals surface area contributed by atoms with Crippen LogP contribution in [-0.2, 0) is 24.3 Å². The minimum atomic E-state index is -4.19. The van der Waals surface area contributed by atoms with Gasteiger partial charge in [0.05, 0.1) is 24.5 Å². The molecule has 1 aromatic rings. The first kappa shape index (κ1) is 21.0. The van der Waals surface area contributed by atoms with E-state index in [4.69, 9.17) is 4.74 Å². The lowest BCUT2D eigenvalue weighted by Crippen LogP contribution is -2.46. The highest BCUT2D eigenvalue weighted by Gasteiger charge is 2.37. The molecule has 140 valence electrons. The lowest BCUT2D eigenvalue weighted by molar-refractivity contribution is -0.141. The summed E-state index contributed by atoms with van der Waals surface area (Å²) in [5.74, 6) is -0.625. The molecule has 0 spiro atoms. The van der Waals surface area contributed by atoms with Crippen LogP contribution in [0.25, 0.3) is 0 Å². The quantitative estimate of drug-likeness (QED) is 0.739. The van der Waals surface area contributed by atoms with Crippen molar-refractivity contribution in [2.75, 3.05) is 7.11 Å². The van der Waals surface area contributed by atoms with Crippen molar-refractivity contribution in [1.82, 2.24) is 4.31 Å². The summed E-state index contributed by atoms with van der Waals surface area (Å²) in [4.78, 5) is 24.0. The molecule has 1 aromatic carbocycles. The van der Waals surface area contributed by atoms with Gasteiger partial charge in [-0.3, -0.25) is 4.79 Å². The molecule has 1 atom stereocenters. The van der Waals surface area contributed by atoms with Gasteiger partial charge in [0.1, 0.15) is 5.60 Å². The smallest absolute Gasteiger partial charge is 0.424 e. The van der Waals surface area contributed by atoms with Gasteiger partial charge in [-0.25, -0.2) is 13.2 Å². The summed E-state index contributed by atoms with van der Waals surface area (Å²) >= 11 is 0. The van der Waals surface area contributed by atoms with Crippen molar-refractivity contribution in [3.05, 3.63) is 29.8 Å². The molecule has 0 aliphatic carbocycles. The number of benzene rings is 1. The average Bonchev–Trinajstić information content (AvgIpc) is 2.45. The first-order valence-corrected chi connectivity index (χ1v) is 9.23. The number of methoxy groups -OCH3 is 1. The molecule has 0 bridgehead atoms. The molecule has 0 saturated heterocycles. The Morgan fingerprint density at radius 2 is 1.68 bits per heavy atom. The highest BCUT2D eigenvalue weighted by molar-refractivity contribution is 7.89. The molecule has 0 heterocycles. The standard InChI is InChI=1S/C17H25NO6S/c1-12-7-9-14(10-8-12)25(21,22)18(13(2)11-15(19)23-6)16(20)24-17(3,4)5/h7-10,13H,11H2,1-6H3/t13-/m0/s1. The summed E-state index contributed by atoms with van der Waals surface area (Å²) in [6.45, 7) is 8.17. The van der Waals surface area contributed by atoms with Gasteiger partial charge in [0, 0.05) is 0 Å². The summed E-state index contributed by atoms with van der Waals surface area (Å²) in [6, 6.07) is 5.12. The second-order valence-electron chi connectivity index (χ2n) is 6.72. The number of hydrogen-bond donors (Lipinski definition) is 0. The molecule has 0 aromatic heterocycles. The summed E-state index contributed by atoms with van der Waals surface area (Å²) in [5.41, 5.74) is -0.00582. The van der Waals surface area contributed by atoms with Crippen molar-refractivity contribution < 1.29 is 27.5 Å². The van der Waals surface area contributed by atoms with Crippen LogP contribution in [0.4, 0.5) is 4.79 Å². The summed E-state index contributed by atoms with van der Waals surface area (Å²) in [6.07, 6.45) is -1.31. The fraction of sp³-hybridized carbons (Fsp3) is 0.529. The fourth-order valence-electron chi connectivity index (χ4n) is 2.05. The van der Waals surface area contributed by atoms with E-state index in [-0.39, 0.29) is 11.3 Å². The monoisotopic (exact) mass is 371 g/mol. The molecule has 0 aliphatic rings. The Labute approximate surface area is 149 Å². The number of nitrogens with zero attached hydrogens (tertiary/aromatic N) is 1. The van der Waals surface area contributed by atoms with Crippen molar-refractivity contribution in [2.45, 2.75) is 57.6 Å². The van der Waals surface area contributed by atoms with Crippen LogP contribution in [-0.4, -0.2) is 43.5 Å². The number of carbonyl (C=O) groups is 2. The van der Waals surface area contributed by atoms with Crippen LogP contribution in [0.2, 0.25) is 0 Å². The van der Waals surface area contributed by atoms with Gasteiger partial charge in [0.15, 0.2) is 0 Å². The van der Waals surface area contributed by atoms with Crippen LogP contribution < -0.4 is 0 Å². The third-order valence-electron chi connectivity index (χ3n) is 3.24. The van der Waals surface area contributed by atoms with E-state index in [0.29, 0.717) is 4.31 Å². The Bertz CT molecular complexity index is 719. The maximum atomic E-state index is 13.0. The zero-order valence-electron chi connectivity index (χ0n) is 15.4. The first-order chi connectivity index (χ1) is 11.4. The third kappa shape index (κ3) is 5.74. The Hall–Kier alpha value is -2.09. The van der Waals surface area contributed by atoms with Crippen LogP contribution in [0.3, 0.4) is 0 Å². The van der Waals surface area contributed by atoms with E-state index in [1.165, 1.54) is 26.2 Å². The summed E-state index contributed by atoms with van der Waals surface area (Å²) in [5, 5.41) is 0. The first-order valence-electron chi connectivity index (χ1n) is 7.79. The van der Waals surface area contributed by atoms with Crippen LogP contribution in [0.5, 0.6) is 0 Å². The minimum absolute atomic E-state index is 0.0549. The van der Waals surface area contributed by atoms with Crippen LogP contribution in [0, 0.1) is 6.92 Å². The number of carbonyl (C=O) groups excluding carboxylic acids is 2. The lowest BCUT2D eigenvalue weighted by Gasteiger charge is -2.30. The molecular formula is C17H25NO6S. The Morgan fingerprint density at radius 1 is 1.16 bits per heavy atom. The van der Waals surface area contributed by atoms with E-state index in [1.807, 2.05) is 6.92 Å². The molecule has 8 heteroatoms. The largest absolute Gasteiger partial charge is 0.469 e. The molecule has 0 aliphatic heterocycles. The van der Waals surface area contributed by atoms with Crippen molar-refractivity contribution in [1.29, 1.82) is 0 Å². The second kappa shape index (κ2) is 7.86. The van der Waals surface area contributed by atoms with E-state index in [2.05, 4.69) is 4.74 Å². The SMILES string of the molecule is COC(=O)C[C@H](C)N(C(=O)OC(C)(C)C)S(=O)(=O)c1ccc(C)cc1. The van der Waals surface area contributed by atoms with Gasteiger partial charge in [-0.15, -0.1) is 0 Å². The zero-order valence-corrected chi connectivity index (χ0v) is 16.2. The van der Waals surface area contributed by atoms with Gasteiger partial charge in [0.2, 0.25) is 0 Å². The average molecular weight is 371 g/mol. The maximum Gasteiger partial charge on any atom is 0.424 e. The van der Waals surface area contributed by atoms with E-state index >= 15 is 0 Å². The van der Waals surface area contributed by atoms with Crippen LogP contribution >= 0.6 is 0 Å². The van der Waals surface area contributed by atoms with Gasteiger partial charge in [-0.2, -0.15) is 4.31 Å². The topological polar surface area (TPSA) is 90.0 Å². The third-order valence-corrected chi connectivity index (χ3v) is 5.14. The van der Waals surface area contributed by atoms with Gasteiger partial charge in [-0.05, 0) is 46.8 Å². The fourth-order valence-corrected chi connectivity index (χ4v) is 3.54. The Balaban J connectivity index is 3.31. The Morgan fingerprint density at radius 3 is 2.12 bits per heavy atom. The number of ether oxygens (including phenoxy) is 2. The van der Waals surface area contributed by atoms with Crippen molar-refractivity contribution >= 4 is 22.1 Å². The number of sulfonamides is 1. The van der Waals surface area contributed by atoms with Crippen LogP contribution in [0.1, 0.15) is 39.7 Å². The van der Waals surface area contributed by atoms with E-state index in [9.17, 15) is 18.0 Å². The van der Waals surface area contributed by atoms with E-state index in [0.717, 1.165) is 5.56 Å². The van der Waals surface area contributed by atoms with Gasteiger partial charge in [-0.1, -0.05) is 17.7 Å². The molecular weight excluding hydrogens is 346 g/mol. The number of hydrogen-bond acceptors (Lipinski definition) is 6. The summed E-state index contributed by atoms with van der Waals surface area (Å²) < 4.78 is 36.3. The molecule has 0 unspecified atom stereocenters. The zero-order chi connectivity index (χ0) is 19.4. The van der Waals surface area contributed by atoms with Gasteiger partial charge >= 0.3 is 12.1 Å². The predicted molar refractivity (Wildman–Crippen MR) is 92.5 cm³/mol. The molecule has 0 saturated carbocycles. The summed E-state index contributed by atoms with van der Waals surface area (Å²) in [7, 11) is -3.00. The molecule has 7 nitrogen and oxygen atoms in total. The molecule has 0 fully saturated rings. The lowest BCUT2D eigenvalue weighted by atomic mass is 10.2. The molecule has 25 heavy (non-hydrogen) atoms. The molecule has 1 rings (SSSR count). The maximum absolute atomic E-state index is 13.0. The second-order valence-corrected chi connectivity index (χ2v) is 8.54.